The van der Waals surface area contributed by atoms with Gasteiger partial charge in [-0.3, -0.25) is 14.9 Å². The van der Waals surface area contributed by atoms with Gasteiger partial charge in [0.15, 0.2) is 0 Å². The molecule has 2 fully saturated rings. The van der Waals surface area contributed by atoms with Crippen LogP contribution in [0.15, 0.2) is 24.3 Å². The van der Waals surface area contributed by atoms with Crippen LogP contribution in [0.4, 0.5) is 8.78 Å². The zero-order valence-electron chi connectivity index (χ0n) is 14.3. The van der Waals surface area contributed by atoms with Crippen LogP contribution in [-0.2, 0) is 16.1 Å². The highest BCUT2D eigenvalue weighted by Crippen LogP contribution is 2.25. The van der Waals surface area contributed by atoms with Gasteiger partial charge >= 0.3 is 0 Å². The van der Waals surface area contributed by atoms with Gasteiger partial charge in [-0.05, 0) is 24.1 Å². The summed E-state index contributed by atoms with van der Waals surface area (Å²) >= 11 is 0. The molecule has 0 saturated carbocycles. The molecule has 0 aromatic heterocycles. The first-order valence-electron chi connectivity index (χ1n) is 8.21. The molecule has 1 aromatic carbocycles. The number of hydrogen-bond acceptors (Lipinski definition) is 4. The number of methoxy groups -OCH3 is 1. The first kappa shape index (κ1) is 20.4. The smallest absolute Gasteiger partial charge is 0.262 e. The maximum absolute atomic E-state index is 13.2. The second-order valence-electron chi connectivity index (χ2n) is 6.45. The molecule has 144 valence electrons. The molecule has 2 heterocycles. The van der Waals surface area contributed by atoms with E-state index in [2.05, 4.69) is 10.6 Å². The van der Waals surface area contributed by atoms with Crippen molar-refractivity contribution in [2.24, 2.45) is 0 Å². The van der Waals surface area contributed by atoms with Crippen LogP contribution in [-0.4, -0.2) is 54.9 Å². The van der Waals surface area contributed by atoms with Crippen molar-refractivity contribution in [3.05, 3.63) is 29.8 Å². The lowest BCUT2D eigenvalue weighted by molar-refractivity contribution is -0.133. The fraction of sp³-hybridized carbons (Fsp3) is 0.529. The molecule has 2 amide bonds. The summed E-state index contributed by atoms with van der Waals surface area (Å²) in [5.74, 6) is -2.86. The molecule has 0 radical (unpaired) electrons. The van der Waals surface area contributed by atoms with Crippen LogP contribution in [0.1, 0.15) is 18.4 Å². The molecule has 9 heteroatoms. The van der Waals surface area contributed by atoms with E-state index >= 15 is 0 Å². The van der Waals surface area contributed by atoms with Crippen LogP contribution in [0, 0.1) is 0 Å². The molecule has 6 nitrogen and oxygen atoms in total. The molecule has 2 atom stereocenters. The molecular formula is C17H22ClF2N3O3. The molecule has 26 heavy (non-hydrogen) atoms. The molecule has 0 aliphatic carbocycles. The lowest BCUT2D eigenvalue weighted by atomic mass is 10.1. The van der Waals surface area contributed by atoms with Crippen LogP contribution in [0.25, 0.3) is 0 Å². The minimum absolute atomic E-state index is 0. The monoisotopic (exact) mass is 389 g/mol. The summed E-state index contributed by atoms with van der Waals surface area (Å²) in [7, 11) is 1.58. The van der Waals surface area contributed by atoms with Crippen LogP contribution in [0.2, 0.25) is 0 Å². The minimum atomic E-state index is -2.87. The van der Waals surface area contributed by atoms with E-state index in [4.69, 9.17) is 4.74 Å². The third kappa shape index (κ3) is 4.62. The zero-order chi connectivity index (χ0) is 18.0. The molecule has 2 aliphatic rings. The second kappa shape index (κ2) is 8.18. The predicted molar refractivity (Wildman–Crippen MR) is 93.6 cm³/mol. The highest BCUT2D eigenvalue weighted by molar-refractivity contribution is 5.91. The van der Waals surface area contributed by atoms with Crippen molar-refractivity contribution >= 4 is 24.2 Å². The van der Waals surface area contributed by atoms with Crippen molar-refractivity contribution in [3.63, 3.8) is 0 Å². The van der Waals surface area contributed by atoms with Gasteiger partial charge in [-0.15, -0.1) is 12.4 Å². The number of halogens is 3. The van der Waals surface area contributed by atoms with Crippen molar-refractivity contribution in [2.45, 2.75) is 37.4 Å². The molecule has 2 aliphatic heterocycles. The van der Waals surface area contributed by atoms with Gasteiger partial charge in [0.25, 0.3) is 5.92 Å². The SMILES string of the molecule is COc1ccc(CN2CCC(NC(=O)C3CC(F)(F)CN3)C2=O)cc1.Cl. The maximum atomic E-state index is 13.2. The lowest BCUT2D eigenvalue weighted by Gasteiger charge is -2.18. The molecule has 2 unspecified atom stereocenters. The van der Waals surface area contributed by atoms with Gasteiger partial charge in [0, 0.05) is 19.5 Å². The number of nitrogens with one attached hydrogen (secondary N) is 2. The predicted octanol–water partition coefficient (Wildman–Crippen LogP) is 1.33. The van der Waals surface area contributed by atoms with E-state index in [0.29, 0.717) is 19.5 Å². The maximum Gasteiger partial charge on any atom is 0.262 e. The molecule has 2 saturated heterocycles. The first-order valence-corrected chi connectivity index (χ1v) is 8.21. The average molecular weight is 390 g/mol. The number of nitrogens with zero attached hydrogens (tertiary/aromatic N) is 1. The first-order chi connectivity index (χ1) is 11.9. The van der Waals surface area contributed by atoms with Gasteiger partial charge in [0.05, 0.1) is 19.7 Å². The quantitative estimate of drug-likeness (QED) is 0.797. The summed E-state index contributed by atoms with van der Waals surface area (Å²) in [5.41, 5.74) is 0.957. The third-order valence-electron chi connectivity index (χ3n) is 4.57. The number of carbonyl (C=O) groups is 2. The molecule has 2 N–H and O–H groups in total. The summed E-state index contributed by atoms with van der Waals surface area (Å²) < 4.78 is 31.5. The highest BCUT2D eigenvalue weighted by Gasteiger charge is 2.43. The van der Waals surface area contributed by atoms with E-state index in [1.54, 1.807) is 12.0 Å². The lowest BCUT2D eigenvalue weighted by Crippen LogP contribution is -2.48. The Morgan fingerprint density at radius 2 is 2.08 bits per heavy atom. The number of ether oxygens (including phenoxy) is 1. The third-order valence-corrected chi connectivity index (χ3v) is 4.57. The number of alkyl halides is 2. The topological polar surface area (TPSA) is 70.7 Å². The van der Waals surface area contributed by atoms with Crippen molar-refractivity contribution in [1.29, 1.82) is 0 Å². The normalized spacial score (nSPS) is 24.3. The van der Waals surface area contributed by atoms with E-state index in [1.165, 1.54) is 0 Å². The summed E-state index contributed by atoms with van der Waals surface area (Å²) in [5, 5.41) is 5.09. The number of likely N-dealkylation sites (tertiary alicyclic amines) is 1. The number of rotatable bonds is 5. The van der Waals surface area contributed by atoms with Crippen molar-refractivity contribution in [2.75, 3.05) is 20.2 Å². The van der Waals surface area contributed by atoms with Gasteiger partial charge in [-0.2, -0.15) is 0 Å². The van der Waals surface area contributed by atoms with Crippen molar-refractivity contribution in [3.8, 4) is 5.75 Å². The number of amides is 2. The van der Waals surface area contributed by atoms with Gasteiger partial charge in [0.1, 0.15) is 11.8 Å². The van der Waals surface area contributed by atoms with E-state index in [1.807, 2.05) is 24.3 Å². The summed E-state index contributed by atoms with van der Waals surface area (Å²) in [6.45, 7) is 0.451. The number of carbonyl (C=O) groups excluding carboxylic acids is 2. The fourth-order valence-electron chi connectivity index (χ4n) is 3.15. The van der Waals surface area contributed by atoms with Crippen LogP contribution < -0.4 is 15.4 Å². The Balaban J connectivity index is 0.00000243. The van der Waals surface area contributed by atoms with Crippen LogP contribution >= 0.6 is 12.4 Å². The summed E-state index contributed by atoms with van der Waals surface area (Å²) in [6, 6.07) is 5.80. The van der Waals surface area contributed by atoms with E-state index in [0.717, 1.165) is 11.3 Å². The molecule has 1 aromatic rings. The van der Waals surface area contributed by atoms with Gasteiger partial charge in [-0.1, -0.05) is 12.1 Å². The Labute approximate surface area is 156 Å². The standard InChI is InChI=1S/C17H21F2N3O3.ClH/c1-25-12-4-2-11(3-5-12)9-22-7-6-13(16(22)24)21-15(23)14-8-17(18,19)10-20-14;/h2-5,13-14,20H,6-10H2,1H3,(H,21,23);1H. The summed E-state index contributed by atoms with van der Waals surface area (Å²) in [6.07, 6.45) is -0.0564. The van der Waals surface area contributed by atoms with E-state index < -0.39 is 36.9 Å². The number of benzene rings is 1. The van der Waals surface area contributed by atoms with Gasteiger partial charge < -0.3 is 15.0 Å². The average Bonchev–Trinajstić information content (AvgIpc) is 3.12. The van der Waals surface area contributed by atoms with Gasteiger partial charge in [-0.25, -0.2) is 8.78 Å². The second-order valence-corrected chi connectivity index (χ2v) is 6.45. The van der Waals surface area contributed by atoms with Crippen LogP contribution in [0.5, 0.6) is 5.75 Å². The highest BCUT2D eigenvalue weighted by atomic mass is 35.5. The van der Waals surface area contributed by atoms with E-state index in [-0.39, 0.29) is 18.3 Å². The largest absolute Gasteiger partial charge is 0.497 e. The Hall–Kier alpha value is -1.93. The van der Waals surface area contributed by atoms with Crippen molar-refractivity contribution < 1.29 is 23.1 Å². The summed E-state index contributed by atoms with van der Waals surface area (Å²) in [4.78, 5) is 26.2. The van der Waals surface area contributed by atoms with Crippen molar-refractivity contribution in [1.82, 2.24) is 15.5 Å². The fourth-order valence-corrected chi connectivity index (χ4v) is 3.15. The Morgan fingerprint density at radius 3 is 2.65 bits per heavy atom. The number of hydrogen-bond donors (Lipinski definition) is 2. The van der Waals surface area contributed by atoms with E-state index in [9.17, 15) is 18.4 Å². The molecule has 0 bridgehead atoms. The Kier molecular flexibility index (Phi) is 6.41. The molecule has 0 spiro atoms. The molecule has 3 rings (SSSR count). The molecular weight excluding hydrogens is 368 g/mol. The van der Waals surface area contributed by atoms with Crippen LogP contribution in [0.3, 0.4) is 0 Å². The Morgan fingerprint density at radius 1 is 1.38 bits per heavy atom. The Bertz CT molecular complexity index is 657. The zero-order valence-corrected chi connectivity index (χ0v) is 15.2. The minimum Gasteiger partial charge on any atom is -0.497 e. The van der Waals surface area contributed by atoms with Gasteiger partial charge in [0.2, 0.25) is 11.8 Å².